The predicted molar refractivity (Wildman–Crippen MR) is 75.1 cm³/mol. The molecule has 5 heteroatoms. The van der Waals surface area contributed by atoms with Crippen molar-refractivity contribution in [1.29, 1.82) is 0 Å². The van der Waals surface area contributed by atoms with Gasteiger partial charge in [-0.1, -0.05) is 0 Å². The maximum atomic E-state index is 12.3. The lowest BCUT2D eigenvalue weighted by molar-refractivity contribution is -0.137. The Hall–Kier alpha value is -1.36. The Kier molecular flexibility index (Phi) is 3.54. The highest BCUT2D eigenvalue weighted by molar-refractivity contribution is 5.77. The number of aliphatic hydroxyl groups is 1. The van der Waals surface area contributed by atoms with Gasteiger partial charge in [-0.05, 0) is 50.0 Å². The van der Waals surface area contributed by atoms with Crippen molar-refractivity contribution in [3.05, 3.63) is 18.0 Å². The summed E-state index contributed by atoms with van der Waals surface area (Å²) in [7, 11) is 0. The van der Waals surface area contributed by atoms with Crippen LogP contribution < -0.4 is 0 Å². The first kappa shape index (κ1) is 13.6. The predicted octanol–water partition coefficient (Wildman–Crippen LogP) is 1.67. The summed E-state index contributed by atoms with van der Waals surface area (Å²) in [5.74, 6) is 0.934. The summed E-state index contributed by atoms with van der Waals surface area (Å²) in [5.41, 5.74) is 0.431. The molecule has 2 aliphatic rings. The maximum Gasteiger partial charge on any atom is 0.225 e. The van der Waals surface area contributed by atoms with E-state index in [9.17, 15) is 9.90 Å². The highest BCUT2D eigenvalue weighted by Gasteiger charge is 2.42. The van der Waals surface area contributed by atoms with E-state index < -0.39 is 5.60 Å². The van der Waals surface area contributed by atoms with E-state index in [0.717, 1.165) is 38.8 Å². The number of aromatic nitrogens is 2. The highest BCUT2D eigenvalue weighted by atomic mass is 16.3. The zero-order valence-electron chi connectivity index (χ0n) is 12.0. The Morgan fingerprint density at radius 2 is 2.15 bits per heavy atom. The van der Waals surface area contributed by atoms with E-state index in [4.69, 9.17) is 0 Å². The molecule has 0 aromatic carbocycles. The summed E-state index contributed by atoms with van der Waals surface area (Å²) in [4.78, 5) is 14.2. The van der Waals surface area contributed by atoms with Crippen LogP contribution in [0.4, 0.5) is 0 Å². The van der Waals surface area contributed by atoms with Crippen LogP contribution >= 0.6 is 0 Å². The van der Waals surface area contributed by atoms with E-state index in [-0.39, 0.29) is 12.3 Å². The molecule has 3 rings (SSSR count). The molecular weight excluding hydrogens is 254 g/mol. The lowest BCUT2D eigenvalue weighted by Crippen LogP contribution is -2.42. The lowest BCUT2D eigenvalue weighted by atomic mass is 9.90. The van der Waals surface area contributed by atoms with Crippen molar-refractivity contribution in [2.24, 2.45) is 5.92 Å². The third-order valence-corrected chi connectivity index (χ3v) is 4.80. The van der Waals surface area contributed by atoms with Gasteiger partial charge in [0.25, 0.3) is 0 Å². The standard InChI is InChI=1S/C15H23N3O2/c1-15(20,13-2-3-13)8-14(19)18-6-4-11(5-7-18)12-9-16-17-10-12/h9-11,13,20H,2-8H2,1H3,(H,16,17). The minimum absolute atomic E-state index is 0.104. The second-order valence-corrected chi connectivity index (χ2v) is 6.49. The number of likely N-dealkylation sites (tertiary alicyclic amines) is 1. The average molecular weight is 277 g/mol. The molecule has 0 radical (unpaired) electrons. The van der Waals surface area contributed by atoms with Crippen molar-refractivity contribution in [3.8, 4) is 0 Å². The van der Waals surface area contributed by atoms with Crippen molar-refractivity contribution >= 4 is 5.91 Å². The molecule has 2 heterocycles. The number of carbonyl (C=O) groups excluding carboxylic acids is 1. The maximum absolute atomic E-state index is 12.3. The number of aromatic amines is 1. The van der Waals surface area contributed by atoms with Crippen LogP contribution in [0.15, 0.2) is 12.4 Å². The van der Waals surface area contributed by atoms with Gasteiger partial charge in [-0.3, -0.25) is 9.89 Å². The van der Waals surface area contributed by atoms with E-state index in [1.54, 1.807) is 6.92 Å². The Balaban J connectivity index is 1.51. The number of piperidine rings is 1. The van der Waals surface area contributed by atoms with Crippen LogP contribution in [-0.2, 0) is 4.79 Å². The Morgan fingerprint density at radius 3 is 2.70 bits per heavy atom. The lowest BCUT2D eigenvalue weighted by Gasteiger charge is -2.34. The summed E-state index contributed by atoms with van der Waals surface area (Å²) >= 11 is 0. The summed E-state index contributed by atoms with van der Waals surface area (Å²) in [6, 6.07) is 0. The SMILES string of the molecule is CC(O)(CC(=O)N1CCC(c2cn[nH]c2)CC1)C1CC1. The van der Waals surface area contributed by atoms with Gasteiger partial charge in [-0.15, -0.1) is 0 Å². The molecule has 0 spiro atoms. The molecule has 110 valence electrons. The first-order valence-corrected chi connectivity index (χ1v) is 7.55. The van der Waals surface area contributed by atoms with E-state index >= 15 is 0 Å². The average Bonchev–Trinajstić information content (AvgIpc) is 3.16. The van der Waals surface area contributed by atoms with Crippen molar-refractivity contribution in [1.82, 2.24) is 15.1 Å². The quantitative estimate of drug-likeness (QED) is 0.879. The van der Waals surface area contributed by atoms with Gasteiger partial charge in [-0.2, -0.15) is 5.10 Å². The number of nitrogens with one attached hydrogen (secondary N) is 1. The van der Waals surface area contributed by atoms with E-state index in [2.05, 4.69) is 10.2 Å². The molecule has 5 nitrogen and oxygen atoms in total. The van der Waals surface area contributed by atoms with Crippen molar-refractivity contribution in [2.75, 3.05) is 13.1 Å². The van der Waals surface area contributed by atoms with Gasteiger partial charge in [0.15, 0.2) is 0 Å². The molecule has 20 heavy (non-hydrogen) atoms. The molecule has 1 aromatic heterocycles. The Bertz CT molecular complexity index is 457. The number of nitrogens with zero attached hydrogens (tertiary/aromatic N) is 2. The molecule has 2 N–H and O–H groups in total. The van der Waals surface area contributed by atoms with Gasteiger partial charge in [0.2, 0.25) is 5.91 Å². The smallest absolute Gasteiger partial charge is 0.225 e. The van der Waals surface area contributed by atoms with Gasteiger partial charge in [-0.25, -0.2) is 0 Å². The van der Waals surface area contributed by atoms with Crippen LogP contribution in [0, 0.1) is 5.92 Å². The van der Waals surface area contributed by atoms with Gasteiger partial charge in [0.05, 0.1) is 18.2 Å². The minimum Gasteiger partial charge on any atom is -0.389 e. The Morgan fingerprint density at radius 1 is 1.45 bits per heavy atom. The summed E-state index contributed by atoms with van der Waals surface area (Å²) in [6.45, 7) is 3.38. The first-order valence-electron chi connectivity index (χ1n) is 7.55. The van der Waals surface area contributed by atoms with Crippen LogP contribution in [-0.4, -0.2) is 44.8 Å². The molecule has 2 fully saturated rings. The monoisotopic (exact) mass is 277 g/mol. The fourth-order valence-electron chi connectivity index (χ4n) is 3.21. The second-order valence-electron chi connectivity index (χ2n) is 6.49. The second kappa shape index (κ2) is 5.20. The number of H-pyrrole nitrogens is 1. The number of rotatable bonds is 4. The zero-order chi connectivity index (χ0) is 14.2. The molecule has 0 bridgehead atoms. The topological polar surface area (TPSA) is 69.2 Å². The van der Waals surface area contributed by atoms with E-state index in [0.29, 0.717) is 11.8 Å². The van der Waals surface area contributed by atoms with Crippen LogP contribution in [0.1, 0.15) is 50.5 Å². The molecular formula is C15H23N3O2. The highest BCUT2D eigenvalue weighted by Crippen LogP contribution is 2.41. The summed E-state index contributed by atoms with van der Waals surface area (Å²) < 4.78 is 0. The third-order valence-electron chi connectivity index (χ3n) is 4.80. The minimum atomic E-state index is -0.807. The number of amides is 1. The molecule has 1 unspecified atom stereocenters. The summed E-state index contributed by atoms with van der Waals surface area (Å²) in [6.07, 6.45) is 8.17. The van der Waals surface area contributed by atoms with Crippen LogP contribution in [0.5, 0.6) is 0 Å². The van der Waals surface area contributed by atoms with Gasteiger partial charge in [0.1, 0.15) is 0 Å². The molecule has 1 aliphatic carbocycles. The van der Waals surface area contributed by atoms with Gasteiger partial charge < -0.3 is 10.0 Å². The molecule has 1 saturated heterocycles. The fourth-order valence-corrected chi connectivity index (χ4v) is 3.21. The number of hydrogen-bond acceptors (Lipinski definition) is 3. The van der Waals surface area contributed by atoms with Gasteiger partial charge >= 0.3 is 0 Å². The fraction of sp³-hybridized carbons (Fsp3) is 0.733. The zero-order valence-corrected chi connectivity index (χ0v) is 12.0. The normalized spacial score (nSPS) is 23.6. The first-order chi connectivity index (χ1) is 9.56. The Labute approximate surface area is 119 Å². The molecule has 1 aliphatic heterocycles. The van der Waals surface area contributed by atoms with E-state index in [1.807, 2.05) is 17.3 Å². The van der Waals surface area contributed by atoms with Gasteiger partial charge in [0, 0.05) is 19.3 Å². The van der Waals surface area contributed by atoms with Crippen LogP contribution in [0.2, 0.25) is 0 Å². The number of hydrogen-bond donors (Lipinski definition) is 2. The van der Waals surface area contributed by atoms with Crippen LogP contribution in [0.25, 0.3) is 0 Å². The largest absolute Gasteiger partial charge is 0.389 e. The molecule has 1 amide bonds. The molecule has 1 saturated carbocycles. The van der Waals surface area contributed by atoms with Crippen molar-refractivity contribution < 1.29 is 9.90 Å². The molecule has 1 aromatic rings. The van der Waals surface area contributed by atoms with E-state index in [1.165, 1.54) is 5.56 Å². The number of carbonyl (C=O) groups is 1. The van der Waals surface area contributed by atoms with Crippen molar-refractivity contribution in [2.45, 2.75) is 50.5 Å². The van der Waals surface area contributed by atoms with Crippen LogP contribution in [0.3, 0.4) is 0 Å². The van der Waals surface area contributed by atoms with Crippen molar-refractivity contribution in [3.63, 3.8) is 0 Å². The third kappa shape index (κ3) is 2.87. The molecule has 1 atom stereocenters. The summed E-state index contributed by atoms with van der Waals surface area (Å²) in [5, 5.41) is 17.1.